The number of ether oxygens (including phenoxy) is 5. The fraction of sp³-hybridized carbons (Fsp3) is 0.179. The summed E-state index contributed by atoms with van der Waals surface area (Å²) in [5.41, 5.74) is 2.29. The lowest BCUT2D eigenvalue weighted by molar-refractivity contribution is 0.104. The van der Waals surface area contributed by atoms with Gasteiger partial charge in [-0.1, -0.05) is 24.3 Å². The van der Waals surface area contributed by atoms with Crippen LogP contribution in [0, 0.1) is 5.82 Å². The molecule has 0 aliphatic heterocycles. The SMILES string of the molecule is COc1cccc(C(=O)C=CNc2cc(OC)c(F)cc2C=Cc2cc(OC)c(OC)c(OC)c2)c1. The highest BCUT2D eigenvalue weighted by molar-refractivity contribution is 6.04. The molecule has 1 N–H and O–H groups in total. The summed E-state index contributed by atoms with van der Waals surface area (Å²) in [5, 5.41) is 3.04. The van der Waals surface area contributed by atoms with Crippen molar-refractivity contribution in [3.8, 4) is 28.7 Å². The highest BCUT2D eigenvalue weighted by atomic mass is 19.1. The molecule has 0 amide bonds. The Morgan fingerprint density at radius 2 is 1.50 bits per heavy atom. The van der Waals surface area contributed by atoms with E-state index in [1.807, 2.05) is 0 Å². The summed E-state index contributed by atoms with van der Waals surface area (Å²) in [4.78, 5) is 12.5. The number of hydrogen-bond acceptors (Lipinski definition) is 7. The molecule has 0 radical (unpaired) electrons. The molecular formula is C28H28FNO6. The molecule has 0 aromatic heterocycles. The standard InChI is InChI=1S/C28H28FNO6/c1-32-21-8-6-7-20(15-21)24(31)11-12-30-23-17-25(33-2)22(29)16-19(23)10-9-18-13-26(34-3)28(36-5)27(14-18)35-4/h6-17,30H,1-5H3. The first kappa shape index (κ1) is 26.2. The molecule has 0 bridgehead atoms. The summed E-state index contributed by atoms with van der Waals surface area (Å²) in [6.45, 7) is 0. The van der Waals surface area contributed by atoms with Crippen LogP contribution in [0.1, 0.15) is 21.5 Å². The molecule has 0 saturated heterocycles. The van der Waals surface area contributed by atoms with Crippen LogP contribution in [0.3, 0.4) is 0 Å². The van der Waals surface area contributed by atoms with Gasteiger partial charge in [0.15, 0.2) is 28.8 Å². The van der Waals surface area contributed by atoms with Crippen molar-refractivity contribution in [1.82, 2.24) is 0 Å². The van der Waals surface area contributed by atoms with E-state index in [0.29, 0.717) is 39.8 Å². The lowest BCUT2D eigenvalue weighted by Gasteiger charge is -2.13. The summed E-state index contributed by atoms with van der Waals surface area (Å²) in [6.07, 6.45) is 6.38. The maximum Gasteiger partial charge on any atom is 0.203 e. The van der Waals surface area contributed by atoms with E-state index >= 15 is 0 Å². The molecule has 3 rings (SSSR count). The van der Waals surface area contributed by atoms with Gasteiger partial charge >= 0.3 is 0 Å². The number of carbonyl (C=O) groups is 1. The van der Waals surface area contributed by atoms with Crippen molar-refractivity contribution in [2.45, 2.75) is 0 Å². The third kappa shape index (κ3) is 6.15. The molecule has 0 heterocycles. The molecular weight excluding hydrogens is 465 g/mol. The molecule has 0 unspecified atom stereocenters. The number of methoxy groups -OCH3 is 5. The Hall–Kier alpha value is -4.46. The van der Waals surface area contributed by atoms with Gasteiger partial charge in [-0.3, -0.25) is 4.79 Å². The molecule has 7 nitrogen and oxygen atoms in total. The second-order valence-electron chi connectivity index (χ2n) is 7.44. The van der Waals surface area contributed by atoms with E-state index in [9.17, 15) is 9.18 Å². The van der Waals surface area contributed by atoms with Gasteiger partial charge in [-0.25, -0.2) is 4.39 Å². The lowest BCUT2D eigenvalue weighted by atomic mass is 10.1. The van der Waals surface area contributed by atoms with Gasteiger partial charge in [0.2, 0.25) is 5.75 Å². The van der Waals surface area contributed by atoms with Gasteiger partial charge in [-0.05, 0) is 35.9 Å². The third-order valence-electron chi connectivity index (χ3n) is 5.29. The molecule has 3 aromatic rings. The highest BCUT2D eigenvalue weighted by Crippen LogP contribution is 2.39. The maximum atomic E-state index is 14.5. The van der Waals surface area contributed by atoms with Gasteiger partial charge < -0.3 is 29.0 Å². The predicted molar refractivity (Wildman–Crippen MR) is 138 cm³/mol. The van der Waals surface area contributed by atoms with Crippen LogP contribution in [0.15, 0.2) is 60.8 Å². The van der Waals surface area contributed by atoms with Crippen LogP contribution in [0.5, 0.6) is 28.7 Å². The van der Waals surface area contributed by atoms with Gasteiger partial charge in [0.25, 0.3) is 0 Å². The summed E-state index contributed by atoms with van der Waals surface area (Å²) in [7, 11) is 7.52. The van der Waals surface area contributed by atoms with Gasteiger partial charge in [-0.2, -0.15) is 0 Å². The molecule has 0 saturated carbocycles. The minimum absolute atomic E-state index is 0.0648. The average molecular weight is 494 g/mol. The Kier molecular flexibility index (Phi) is 8.94. The van der Waals surface area contributed by atoms with Crippen LogP contribution in [0.25, 0.3) is 12.2 Å². The van der Waals surface area contributed by atoms with Crippen molar-refractivity contribution in [2.75, 3.05) is 40.9 Å². The van der Waals surface area contributed by atoms with Crippen LogP contribution < -0.4 is 29.0 Å². The maximum absolute atomic E-state index is 14.5. The molecule has 8 heteroatoms. The van der Waals surface area contributed by atoms with Gasteiger partial charge in [-0.15, -0.1) is 0 Å². The number of anilines is 1. The summed E-state index contributed by atoms with van der Waals surface area (Å²) < 4.78 is 40.9. The number of rotatable bonds is 11. The van der Waals surface area contributed by atoms with Gasteiger partial charge in [0.05, 0.1) is 35.5 Å². The van der Waals surface area contributed by atoms with E-state index in [-0.39, 0.29) is 11.5 Å². The van der Waals surface area contributed by atoms with Crippen molar-refractivity contribution < 1.29 is 32.9 Å². The molecule has 188 valence electrons. The topological polar surface area (TPSA) is 75.3 Å². The van der Waals surface area contributed by atoms with E-state index in [0.717, 1.165) is 5.56 Å². The van der Waals surface area contributed by atoms with Crippen LogP contribution in [0.4, 0.5) is 10.1 Å². The second kappa shape index (κ2) is 12.3. The van der Waals surface area contributed by atoms with Crippen LogP contribution in [-0.2, 0) is 0 Å². The second-order valence-corrected chi connectivity index (χ2v) is 7.44. The number of benzene rings is 3. The average Bonchev–Trinajstić information content (AvgIpc) is 2.91. The number of hydrogen-bond donors (Lipinski definition) is 1. The molecule has 0 fully saturated rings. The van der Waals surface area contributed by atoms with Gasteiger partial charge in [0, 0.05) is 35.2 Å². The first-order chi connectivity index (χ1) is 17.4. The zero-order valence-electron chi connectivity index (χ0n) is 20.8. The summed E-state index contributed by atoms with van der Waals surface area (Å²) in [6, 6.07) is 13.3. The molecule has 36 heavy (non-hydrogen) atoms. The van der Waals surface area contributed by atoms with Gasteiger partial charge in [0.1, 0.15) is 5.75 Å². The highest BCUT2D eigenvalue weighted by Gasteiger charge is 2.13. The van der Waals surface area contributed by atoms with Crippen molar-refractivity contribution in [3.05, 3.63) is 83.3 Å². The normalized spacial score (nSPS) is 10.9. The summed E-state index contributed by atoms with van der Waals surface area (Å²) >= 11 is 0. The third-order valence-corrected chi connectivity index (χ3v) is 5.29. The fourth-order valence-electron chi connectivity index (χ4n) is 3.45. The monoisotopic (exact) mass is 493 g/mol. The molecule has 0 spiro atoms. The van der Waals surface area contributed by atoms with E-state index in [4.69, 9.17) is 23.7 Å². The van der Waals surface area contributed by atoms with E-state index < -0.39 is 5.82 Å². The first-order valence-electron chi connectivity index (χ1n) is 10.9. The van der Waals surface area contributed by atoms with Crippen LogP contribution >= 0.6 is 0 Å². The van der Waals surface area contributed by atoms with E-state index in [1.165, 1.54) is 60.0 Å². The Balaban J connectivity index is 1.90. The summed E-state index contributed by atoms with van der Waals surface area (Å²) in [5.74, 6) is 1.37. The number of halogens is 1. The quantitative estimate of drug-likeness (QED) is 0.204. The molecule has 0 aliphatic rings. The van der Waals surface area contributed by atoms with Crippen molar-refractivity contribution in [3.63, 3.8) is 0 Å². The van der Waals surface area contributed by atoms with E-state index in [2.05, 4.69) is 5.32 Å². The number of allylic oxidation sites excluding steroid dienone is 1. The van der Waals surface area contributed by atoms with Crippen molar-refractivity contribution in [2.24, 2.45) is 0 Å². The minimum Gasteiger partial charge on any atom is -0.497 e. The molecule has 0 atom stereocenters. The minimum atomic E-state index is -0.524. The smallest absolute Gasteiger partial charge is 0.203 e. The van der Waals surface area contributed by atoms with Crippen molar-refractivity contribution in [1.29, 1.82) is 0 Å². The number of carbonyl (C=O) groups excluding carboxylic acids is 1. The number of ketones is 1. The molecule has 0 aliphatic carbocycles. The largest absolute Gasteiger partial charge is 0.497 e. The Bertz CT molecular complexity index is 1260. The number of nitrogens with one attached hydrogen (secondary N) is 1. The van der Waals surface area contributed by atoms with E-state index in [1.54, 1.807) is 48.6 Å². The lowest BCUT2D eigenvalue weighted by Crippen LogP contribution is -1.99. The Labute approximate surface area is 209 Å². The first-order valence-corrected chi connectivity index (χ1v) is 10.9. The molecule has 3 aromatic carbocycles. The van der Waals surface area contributed by atoms with Crippen LogP contribution in [-0.4, -0.2) is 41.3 Å². The predicted octanol–water partition coefficient (Wildman–Crippen LogP) is 5.85. The van der Waals surface area contributed by atoms with Crippen LogP contribution in [0.2, 0.25) is 0 Å². The Morgan fingerprint density at radius 1 is 0.806 bits per heavy atom. The Morgan fingerprint density at radius 3 is 2.11 bits per heavy atom. The van der Waals surface area contributed by atoms with Crippen molar-refractivity contribution >= 4 is 23.6 Å². The zero-order valence-corrected chi connectivity index (χ0v) is 20.8. The fourth-order valence-corrected chi connectivity index (χ4v) is 3.45. The zero-order chi connectivity index (χ0) is 26.1.